The topological polar surface area (TPSA) is 81.8 Å². The molecule has 0 aliphatic carbocycles. The van der Waals surface area contributed by atoms with E-state index < -0.39 is 0 Å². The third-order valence-corrected chi connectivity index (χ3v) is 3.88. The average molecular weight is 326 g/mol. The summed E-state index contributed by atoms with van der Waals surface area (Å²) in [4.78, 5) is 39.1. The maximum atomic E-state index is 12.2. The fourth-order valence-electron chi connectivity index (χ4n) is 2.63. The minimum Gasteiger partial charge on any atom is -0.359 e. The second-order valence-corrected chi connectivity index (χ2v) is 7.21. The molecule has 0 atom stereocenters. The largest absolute Gasteiger partial charge is 0.359 e. The number of nitrogens with one attached hydrogen (secondary N) is 2. The van der Waals surface area contributed by atoms with Crippen LogP contribution in [0.1, 0.15) is 33.6 Å². The molecule has 1 heterocycles. The number of likely N-dealkylation sites (N-methyl/N-ethyl adjacent to an activating group) is 1. The quantitative estimate of drug-likeness (QED) is 0.734. The predicted octanol–water partition coefficient (Wildman–Crippen LogP) is -0.182. The van der Waals surface area contributed by atoms with Gasteiger partial charge in [0.05, 0.1) is 13.1 Å². The molecule has 0 aromatic heterocycles. The van der Waals surface area contributed by atoms with Crippen LogP contribution in [-0.4, -0.2) is 73.3 Å². The highest BCUT2D eigenvalue weighted by atomic mass is 16.2. The molecule has 0 aromatic rings. The molecule has 7 nitrogen and oxygen atoms in total. The Bertz CT molecular complexity index is 437. The summed E-state index contributed by atoms with van der Waals surface area (Å²) in [6, 6.07) is 0. The number of rotatable bonds is 5. The van der Waals surface area contributed by atoms with Crippen molar-refractivity contribution < 1.29 is 14.4 Å². The summed E-state index contributed by atoms with van der Waals surface area (Å²) in [6.07, 6.45) is 1.53. The lowest BCUT2D eigenvalue weighted by Gasteiger charge is -2.31. The summed E-state index contributed by atoms with van der Waals surface area (Å²) < 4.78 is 0. The lowest BCUT2D eigenvalue weighted by atomic mass is 9.96. The van der Waals surface area contributed by atoms with Crippen molar-refractivity contribution in [1.82, 2.24) is 20.4 Å². The maximum absolute atomic E-state index is 12.2. The Balaban J connectivity index is 2.36. The Morgan fingerprint density at radius 2 is 1.74 bits per heavy atom. The van der Waals surface area contributed by atoms with Crippen molar-refractivity contribution in [3.05, 3.63) is 0 Å². The Hall–Kier alpha value is -1.63. The van der Waals surface area contributed by atoms with E-state index in [4.69, 9.17) is 0 Å². The minimum atomic E-state index is -0.303. The first-order chi connectivity index (χ1) is 10.6. The van der Waals surface area contributed by atoms with E-state index in [1.54, 1.807) is 14.1 Å². The first-order valence-corrected chi connectivity index (χ1v) is 8.11. The molecule has 1 aliphatic heterocycles. The van der Waals surface area contributed by atoms with Gasteiger partial charge in [-0.15, -0.1) is 0 Å². The van der Waals surface area contributed by atoms with Gasteiger partial charge in [0.2, 0.25) is 17.7 Å². The van der Waals surface area contributed by atoms with E-state index in [2.05, 4.69) is 10.6 Å². The van der Waals surface area contributed by atoms with Gasteiger partial charge in [0, 0.05) is 25.6 Å². The Morgan fingerprint density at radius 1 is 1.17 bits per heavy atom. The second kappa shape index (κ2) is 8.29. The van der Waals surface area contributed by atoms with E-state index in [-0.39, 0.29) is 35.7 Å². The van der Waals surface area contributed by atoms with Crippen molar-refractivity contribution in [3.8, 4) is 0 Å². The zero-order valence-electron chi connectivity index (χ0n) is 14.9. The summed E-state index contributed by atoms with van der Waals surface area (Å²) in [5.41, 5.74) is -0.303. The van der Waals surface area contributed by atoms with Gasteiger partial charge in [-0.25, -0.2) is 0 Å². The molecular formula is C16H30N4O3. The first-order valence-electron chi connectivity index (χ1n) is 8.11. The highest BCUT2D eigenvalue weighted by Crippen LogP contribution is 2.17. The number of hydrogen-bond acceptors (Lipinski definition) is 4. The van der Waals surface area contributed by atoms with Crippen LogP contribution >= 0.6 is 0 Å². The zero-order chi connectivity index (χ0) is 17.6. The maximum Gasteiger partial charge on any atom is 0.240 e. The molecule has 3 amide bonds. The van der Waals surface area contributed by atoms with E-state index in [1.165, 1.54) is 4.90 Å². The second-order valence-electron chi connectivity index (χ2n) is 7.21. The molecule has 1 rings (SSSR count). The van der Waals surface area contributed by atoms with Gasteiger partial charge < -0.3 is 15.5 Å². The standard InChI is InChI=1S/C16H30N4O3/c1-16(2,3)18-13(21)10-19(5)14(22)11-20-8-6-12(7-9-20)15(23)17-4/h12H,6-11H2,1-5H3,(H,17,23)(H,18,21). The summed E-state index contributed by atoms with van der Waals surface area (Å²) in [5, 5.41) is 5.51. The molecule has 0 aromatic carbocycles. The van der Waals surface area contributed by atoms with Crippen molar-refractivity contribution in [2.75, 3.05) is 40.3 Å². The minimum absolute atomic E-state index is 0.0432. The molecular weight excluding hydrogens is 296 g/mol. The van der Waals surface area contributed by atoms with Crippen LogP contribution in [0.3, 0.4) is 0 Å². The molecule has 1 saturated heterocycles. The molecule has 132 valence electrons. The van der Waals surface area contributed by atoms with Crippen molar-refractivity contribution in [2.24, 2.45) is 5.92 Å². The van der Waals surface area contributed by atoms with Gasteiger partial charge in [-0.05, 0) is 46.7 Å². The molecule has 1 fully saturated rings. The van der Waals surface area contributed by atoms with E-state index >= 15 is 0 Å². The van der Waals surface area contributed by atoms with Gasteiger partial charge in [-0.1, -0.05) is 0 Å². The van der Waals surface area contributed by atoms with Gasteiger partial charge in [0.15, 0.2) is 0 Å². The lowest BCUT2D eigenvalue weighted by Crippen LogP contribution is -2.49. The van der Waals surface area contributed by atoms with Gasteiger partial charge in [0.1, 0.15) is 0 Å². The SMILES string of the molecule is CNC(=O)C1CCN(CC(=O)N(C)CC(=O)NC(C)(C)C)CC1. The predicted molar refractivity (Wildman–Crippen MR) is 88.8 cm³/mol. The molecule has 2 N–H and O–H groups in total. The summed E-state index contributed by atoms with van der Waals surface area (Å²) in [7, 11) is 3.29. The Labute approximate surface area is 138 Å². The smallest absolute Gasteiger partial charge is 0.240 e. The Kier molecular flexibility index (Phi) is 7.00. The number of likely N-dealkylation sites (tertiary alicyclic amines) is 1. The fraction of sp³-hybridized carbons (Fsp3) is 0.812. The average Bonchev–Trinajstić information content (AvgIpc) is 2.45. The summed E-state index contributed by atoms with van der Waals surface area (Å²) in [5.74, 6) is -0.118. The van der Waals surface area contributed by atoms with Crippen LogP contribution in [0.5, 0.6) is 0 Å². The summed E-state index contributed by atoms with van der Waals surface area (Å²) in [6.45, 7) is 7.53. The van der Waals surface area contributed by atoms with Crippen LogP contribution in [0.25, 0.3) is 0 Å². The third-order valence-electron chi connectivity index (χ3n) is 3.88. The normalized spacial score (nSPS) is 16.7. The molecule has 0 spiro atoms. The number of carbonyl (C=O) groups excluding carboxylic acids is 3. The number of piperidine rings is 1. The molecule has 0 bridgehead atoms. The van der Waals surface area contributed by atoms with Gasteiger partial charge in [0.25, 0.3) is 0 Å². The van der Waals surface area contributed by atoms with Gasteiger partial charge in [-0.3, -0.25) is 19.3 Å². The van der Waals surface area contributed by atoms with E-state index in [1.807, 2.05) is 25.7 Å². The molecule has 1 aliphatic rings. The van der Waals surface area contributed by atoms with Crippen LogP contribution in [-0.2, 0) is 14.4 Å². The molecule has 0 unspecified atom stereocenters. The van der Waals surface area contributed by atoms with Gasteiger partial charge >= 0.3 is 0 Å². The number of nitrogens with zero attached hydrogens (tertiary/aromatic N) is 2. The molecule has 0 saturated carbocycles. The number of amides is 3. The Morgan fingerprint density at radius 3 is 2.22 bits per heavy atom. The van der Waals surface area contributed by atoms with Crippen LogP contribution in [0, 0.1) is 5.92 Å². The highest BCUT2D eigenvalue weighted by molar-refractivity contribution is 5.85. The van der Waals surface area contributed by atoms with E-state index in [9.17, 15) is 14.4 Å². The van der Waals surface area contributed by atoms with E-state index in [0.29, 0.717) is 6.54 Å². The molecule has 7 heteroatoms. The van der Waals surface area contributed by atoms with Crippen molar-refractivity contribution in [3.63, 3.8) is 0 Å². The van der Waals surface area contributed by atoms with Crippen molar-refractivity contribution in [1.29, 1.82) is 0 Å². The van der Waals surface area contributed by atoms with Crippen LogP contribution in [0.4, 0.5) is 0 Å². The number of hydrogen-bond donors (Lipinski definition) is 2. The van der Waals surface area contributed by atoms with Crippen molar-refractivity contribution >= 4 is 17.7 Å². The third kappa shape index (κ3) is 6.99. The summed E-state index contributed by atoms with van der Waals surface area (Å²) >= 11 is 0. The van der Waals surface area contributed by atoms with E-state index in [0.717, 1.165) is 25.9 Å². The van der Waals surface area contributed by atoms with Crippen LogP contribution in [0.2, 0.25) is 0 Å². The molecule has 0 radical (unpaired) electrons. The monoisotopic (exact) mass is 326 g/mol. The highest BCUT2D eigenvalue weighted by Gasteiger charge is 2.26. The molecule has 23 heavy (non-hydrogen) atoms. The van der Waals surface area contributed by atoms with Crippen molar-refractivity contribution in [2.45, 2.75) is 39.2 Å². The zero-order valence-corrected chi connectivity index (χ0v) is 14.9. The fourth-order valence-corrected chi connectivity index (χ4v) is 2.63. The first kappa shape index (κ1) is 19.4. The van der Waals surface area contributed by atoms with Crippen LogP contribution in [0.15, 0.2) is 0 Å². The number of carbonyl (C=O) groups is 3. The lowest BCUT2D eigenvalue weighted by molar-refractivity contribution is -0.136. The van der Waals surface area contributed by atoms with Crippen LogP contribution < -0.4 is 10.6 Å². The van der Waals surface area contributed by atoms with Gasteiger partial charge in [-0.2, -0.15) is 0 Å².